The van der Waals surface area contributed by atoms with Crippen LogP contribution < -0.4 is 5.06 Å². The van der Waals surface area contributed by atoms with Gasteiger partial charge in [0, 0.05) is 0 Å². The molecule has 0 saturated carbocycles. The second kappa shape index (κ2) is 6.65. The van der Waals surface area contributed by atoms with E-state index in [0.717, 1.165) is 11.3 Å². The maximum absolute atomic E-state index is 13.2. The number of para-hydroxylation sites is 1. The van der Waals surface area contributed by atoms with Crippen molar-refractivity contribution in [2.75, 3.05) is 5.06 Å². The van der Waals surface area contributed by atoms with E-state index in [0.29, 0.717) is 5.76 Å². The summed E-state index contributed by atoms with van der Waals surface area (Å²) < 4.78 is 5.61. The summed E-state index contributed by atoms with van der Waals surface area (Å²) in [6.45, 7) is 0.241. The van der Waals surface area contributed by atoms with Crippen LogP contribution in [0.25, 0.3) is 0 Å². The normalized spacial score (nSPS) is 24.1. The highest BCUT2D eigenvalue weighted by Crippen LogP contribution is 2.46. The zero-order valence-corrected chi connectivity index (χ0v) is 15.0. The second-order valence-corrected chi connectivity index (χ2v) is 6.92. The molecule has 6 nitrogen and oxygen atoms in total. The summed E-state index contributed by atoms with van der Waals surface area (Å²) in [5.41, 5.74) is 1.67. The van der Waals surface area contributed by atoms with Crippen LogP contribution in [0, 0.1) is 5.92 Å². The highest BCUT2D eigenvalue weighted by atomic mass is 16.7. The van der Waals surface area contributed by atoms with Gasteiger partial charge in [-0.15, -0.1) is 0 Å². The van der Waals surface area contributed by atoms with Gasteiger partial charge < -0.3 is 4.42 Å². The van der Waals surface area contributed by atoms with Crippen LogP contribution in [-0.2, 0) is 21.0 Å². The van der Waals surface area contributed by atoms with Gasteiger partial charge in [-0.1, -0.05) is 48.5 Å². The molecular formula is C22H18N2O4. The number of fused-ring (bicyclic) bond motifs is 1. The zero-order chi connectivity index (χ0) is 19.1. The fourth-order valence-corrected chi connectivity index (χ4v) is 3.94. The monoisotopic (exact) mass is 374 g/mol. The molecule has 2 fully saturated rings. The number of furan rings is 1. The number of anilines is 1. The summed E-state index contributed by atoms with van der Waals surface area (Å²) in [5, 5.41) is 1.63. The van der Waals surface area contributed by atoms with Gasteiger partial charge in [0.2, 0.25) is 5.91 Å². The van der Waals surface area contributed by atoms with Crippen LogP contribution in [-0.4, -0.2) is 22.8 Å². The van der Waals surface area contributed by atoms with Crippen molar-refractivity contribution in [3.8, 4) is 0 Å². The molecule has 3 heterocycles. The lowest BCUT2D eigenvalue weighted by atomic mass is 9.94. The van der Waals surface area contributed by atoms with Gasteiger partial charge in [-0.2, -0.15) is 0 Å². The molecule has 2 aliphatic heterocycles. The molecule has 0 N–H and O–H groups in total. The number of rotatable bonds is 4. The largest absolute Gasteiger partial charge is 0.467 e. The van der Waals surface area contributed by atoms with E-state index in [-0.39, 0.29) is 18.4 Å². The Bertz CT molecular complexity index is 988. The maximum Gasteiger partial charge on any atom is 0.262 e. The van der Waals surface area contributed by atoms with Crippen molar-refractivity contribution in [2.45, 2.75) is 18.7 Å². The van der Waals surface area contributed by atoms with E-state index in [1.54, 1.807) is 17.4 Å². The van der Waals surface area contributed by atoms with Gasteiger partial charge in [-0.25, -0.2) is 5.06 Å². The number of nitrogens with zero attached hydrogens (tertiary/aromatic N) is 2. The summed E-state index contributed by atoms with van der Waals surface area (Å²) in [6.07, 6.45) is 0.709. The molecule has 0 aliphatic carbocycles. The molecule has 5 rings (SSSR count). The molecule has 28 heavy (non-hydrogen) atoms. The first-order chi connectivity index (χ1) is 13.7. The first kappa shape index (κ1) is 16.8. The Morgan fingerprint density at radius 3 is 2.21 bits per heavy atom. The Labute approximate surface area is 161 Å². The number of hydroxylamine groups is 1. The van der Waals surface area contributed by atoms with Gasteiger partial charge in [0.15, 0.2) is 6.10 Å². The quantitative estimate of drug-likeness (QED) is 0.656. The fourth-order valence-electron chi connectivity index (χ4n) is 3.94. The van der Waals surface area contributed by atoms with Crippen molar-refractivity contribution >= 4 is 17.5 Å². The van der Waals surface area contributed by atoms with Crippen LogP contribution in [0.2, 0.25) is 0 Å². The van der Waals surface area contributed by atoms with E-state index in [1.807, 2.05) is 66.7 Å². The number of carbonyl (C=O) groups is 2. The number of hydrogen-bond acceptors (Lipinski definition) is 5. The van der Waals surface area contributed by atoms with Gasteiger partial charge in [0.1, 0.15) is 17.7 Å². The van der Waals surface area contributed by atoms with Crippen LogP contribution in [0.4, 0.5) is 5.69 Å². The number of benzene rings is 2. The first-order valence-corrected chi connectivity index (χ1v) is 9.17. The van der Waals surface area contributed by atoms with Gasteiger partial charge in [-0.3, -0.25) is 19.3 Å². The molecule has 2 aliphatic rings. The lowest BCUT2D eigenvalue weighted by molar-refractivity contribution is -0.143. The Morgan fingerprint density at radius 2 is 1.54 bits per heavy atom. The summed E-state index contributed by atoms with van der Waals surface area (Å²) in [7, 11) is 0. The molecule has 2 amide bonds. The molecule has 0 radical (unpaired) electrons. The predicted octanol–water partition coefficient (Wildman–Crippen LogP) is 3.33. The molecule has 0 bridgehead atoms. The topological polar surface area (TPSA) is 63.0 Å². The predicted molar refractivity (Wildman–Crippen MR) is 101 cm³/mol. The summed E-state index contributed by atoms with van der Waals surface area (Å²) in [6, 6.07) is 22.0. The molecule has 3 atom stereocenters. The van der Waals surface area contributed by atoms with Crippen LogP contribution in [0.15, 0.2) is 83.5 Å². The number of likely N-dealkylation sites (tertiary alicyclic amines) is 1. The van der Waals surface area contributed by atoms with E-state index in [9.17, 15) is 9.59 Å². The summed E-state index contributed by atoms with van der Waals surface area (Å²) in [5.74, 6) is -0.603. The third-order valence-electron chi connectivity index (χ3n) is 5.24. The van der Waals surface area contributed by atoms with E-state index >= 15 is 0 Å². The average Bonchev–Trinajstić information content (AvgIpc) is 3.44. The second-order valence-electron chi connectivity index (χ2n) is 6.92. The number of carbonyl (C=O) groups excluding carboxylic acids is 2. The van der Waals surface area contributed by atoms with Crippen molar-refractivity contribution in [2.24, 2.45) is 5.92 Å². The SMILES string of the molecule is O=C1[C@@H]2[C@H](ON(c3ccccc3)[C@H]2c2ccco2)C(=O)N1Cc1ccccc1. The van der Waals surface area contributed by atoms with Crippen molar-refractivity contribution in [3.05, 3.63) is 90.4 Å². The highest BCUT2D eigenvalue weighted by Gasteiger charge is 2.60. The van der Waals surface area contributed by atoms with Crippen LogP contribution >= 0.6 is 0 Å². The lowest BCUT2D eigenvalue weighted by Gasteiger charge is -2.27. The van der Waals surface area contributed by atoms with Crippen molar-refractivity contribution in [1.29, 1.82) is 0 Å². The van der Waals surface area contributed by atoms with E-state index in [4.69, 9.17) is 9.25 Å². The number of hydrogen-bond donors (Lipinski definition) is 0. The minimum Gasteiger partial charge on any atom is -0.467 e. The third kappa shape index (κ3) is 2.61. The van der Waals surface area contributed by atoms with Gasteiger partial charge in [0.25, 0.3) is 5.91 Å². The molecule has 2 aromatic carbocycles. The Balaban J connectivity index is 1.50. The van der Waals surface area contributed by atoms with Gasteiger partial charge >= 0.3 is 0 Å². The van der Waals surface area contributed by atoms with Crippen LogP contribution in [0.3, 0.4) is 0 Å². The van der Waals surface area contributed by atoms with Gasteiger partial charge in [0.05, 0.1) is 18.5 Å². The highest BCUT2D eigenvalue weighted by molar-refractivity contribution is 6.07. The van der Waals surface area contributed by atoms with Crippen molar-refractivity contribution in [3.63, 3.8) is 0 Å². The molecule has 0 unspecified atom stereocenters. The fraction of sp³-hybridized carbons (Fsp3) is 0.182. The summed E-state index contributed by atoms with van der Waals surface area (Å²) >= 11 is 0. The van der Waals surface area contributed by atoms with E-state index < -0.39 is 18.1 Å². The first-order valence-electron chi connectivity index (χ1n) is 9.17. The minimum atomic E-state index is -0.855. The number of imide groups is 1. The number of amides is 2. The van der Waals surface area contributed by atoms with Gasteiger partial charge in [-0.05, 0) is 29.8 Å². The Morgan fingerprint density at radius 1 is 0.821 bits per heavy atom. The molecule has 1 aromatic heterocycles. The molecular weight excluding hydrogens is 356 g/mol. The maximum atomic E-state index is 13.2. The minimum absolute atomic E-state index is 0.237. The summed E-state index contributed by atoms with van der Waals surface area (Å²) in [4.78, 5) is 33.6. The van der Waals surface area contributed by atoms with Crippen LogP contribution in [0.1, 0.15) is 17.4 Å². The van der Waals surface area contributed by atoms with E-state index in [2.05, 4.69) is 0 Å². The standard InChI is InChI=1S/C22H18N2O4/c25-21-18-19(17-12-7-13-27-17)24(16-10-5-2-6-11-16)28-20(18)22(26)23(21)14-15-8-3-1-4-9-15/h1-13,18-20H,14H2/t18-,19-,20-/m0/s1. The Kier molecular flexibility index (Phi) is 3.98. The van der Waals surface area contributed by atoms with Crippen molar-refractivity contribution < 1.29 is 18.8 Å². The Hall–Kier alpha value is -3.38. The zero-order valence-electron chi connectivity index (χ0n) is 15.0. The molecule has 6 heteroatoms. The smallest absolute Gasteiger partial charge is 0.262 e. The van der Waals surface area contributed by atoms with Crippen LogP contribution in [0.5, 0.6) is 0 Å². The molecule has 140 valence electrons. The molecule has 2 saturated heterocycles. The third-order valence-corrected chi connectivity index (χ3v) is 5.24. The van der Waals surface area contributed by atoms with Crippen molar-refractivity contribution in [1.82, 2.24) is 4.90 Å². The average molecular weight is 374 g/mol. The molecule has 0 spiro atoms. The lowest BCUT2D eigenvalue weighted by Crippen LogP contribution is -2.36. The van der Waals surface area contributed by atoms with E-state index in [1.165, 1.54) is 4.90 Å². The molecule has 3 aromatic rings.